The smallest absolute Gasteiger partial charge is 0.378 e. The molecule has 0 radical (unpaired) electrons. The maximum absolute atomic E-state index is 12.9. The molecule has 32 heavy (non-hydrogen) atoms. The van der Waals surface area contributed by atoms with E-state index in [0.29, 0.717) is 23.2 Å². The van der Waals surface area contributed by atoms with E-state index in [1.54, 1.807) is 13.0 Å². The van der Waals surface area contributed by atoms with Gasteiger partial charge in [0.05, 0.1) is 17.4 Å². The highest BCUT2D eigenvalue weighted by Gasteiger charge is 2.30. The maximum atomic E-state index is 12.9. The minimum Gasteiger partial charge on any atom is -0.378 e. The minimum absolute atomic E-state index is 0.159. The quantitative estimate of drug-likeness (QED) is 0.440. The number of halogens is 3. The largest absolute Gasteiger partial charge is 0.416 e. The lowest BCUT2D eigenvalue weighted by atomic mass is 10.2. The van der Waals surface area contributed by atoms with Gasteiger partial charge in [0.2, 0.25) is 5.91 Å². The Kier molecular flexibility index (Phi) is 7.44. The van der Waals surface area contributed by atoms with Crippen molar-refractivity contribution >= 4 is 29.0 Å². The molecule has 0 aliphatic heterocycles. The van der Waals surface area contributed by atoms with E-state index in [1.165, 1.54) is 17.8 Å². The van der Waals surface area contributed by atoms with Crippen LogP contribution in [-0.2, 0) is 24.1 Å². The van der Waals surface area contributed by atoms with Gasteiger partial charge in [0, 0.05) is 17.9 Å². The molecule has 0 saturated heterocycles. The van der Waals surface area contributed by atoms with Crippen molar-refractivity contribution in [3.05, 3.63) is 65.5 Å². The summed E-state index contributed by atoms with van der Waals surface area (Å²) in [5.74, 6) is 0.409. The van der Waals surface area contributed by atoms with Crippen LogP contribution < -0.4 is 10.6 Å². The molecule has 0 aliphatic rings. The SMILES string of the molecule is CCn1c(CNc2cccc(C(F)(F)F)c2)nnc1SC(C)C(=O)Nc1ccc(C)cc1. The second kappa shape index (κ2) is 10.1. The summed E-state index contributed by atoms with van der Waals surface area (Å²) in [6.07, 6.45) is -4.40. The highest BCUT2D eigenvalue weighted by molar-refractivity contribution is 8.00. The van der Waals surface area contributed by atoms with E-state index >= 15 is 0 Å². The molecule has 0 bridgehead atoms. The molecule has 3 aromatic rings. The Labute approximate surface area is 188 Å². The van der Waals surface area contributed by atoms with Gasteiger partial charge in [0.25, 0.3) is 0 Å². The zero-order chi connectivity index (χ0) is 23.3. The van der Waals surface area contributed by atoms with Crippen LogP contribution in [-0.4, -0.2) is 25.9 Å². The molecule has 1 atom stereocenters. The summed E-state index contributed by atoms with van der Waals surface area (Å²) in [5, 5.41) is 14.3. The molecule has 0 spiro atoms. The van der Waals surface area contributed by atoms with E-state index in [4.69, 9.17) is 0 Å². The predicted molar refractivity (Wildman–Crippen MR) is 120 cm³/mol. The Morgan fingerprint density at radius 2 is 1.84 bits per heavy atom. The summed E-state index contributed by atoms with van der Waals surface area (Å²) in [4.78, 5) is 12.5. The number of aryl methyl sites for hydroxylation is 1. The van der Waals surface area contributed by atoms with Crippen molar-refractivity contribution in [3.8, 4) is 0 Å². The third-order valence-corrected chi connectivity index (χ3v) is 5.80. The predicted octanol–water partition coefficient (Wildman–Crippen LogP) is 5.36. The molecule has 6 nitrogen and oxygen atoms in total. The normalized spacial score (nSPS) is 12.4. The topological polar surface area (TPSA) is 71.8 Å². The summed E-state index contributed by atoms with van der Waals surface area (Å²) in [6, 6.07) is 12.5. The fourth-order valence-electron chi connectivity index (χ4n) is 2.93. The summed E-state index contributed by atoms with van der Waals surface area (Å²) in [7, 11) is 0. The number of rotatable bonds is 8. The number of carbonyl (C=O) groups is 1. The molecule has 3 rings (SSSR count). The number of amides is 1. The van der Waals surface area contributed by atoms with Gasteiger partial charge in [-0.15, -0.1) is 10.2 Å². The first kappa shape index (κ1) is 23.6. The van der Waals surface area contributed by atoms with Crippen molar-refractivity contribution in [2.45, 2.75) is 50.4 Å². The number of anilines is 2. The Bertz CT molecular complexity index is 1070. The van der Waals surface area contributed by atoms with Gasteiger partial charge in [-0.2, -0.15) is 13.2 Å². The zero-order valence-electron chi connectivity index (χ0n) is 17.9. The van der Waals surface area contributed by atoms with Gasteiger partial charge in [-0.1, -0.05) is 35.5 Å². The van der Waals surface area contributed by atoms with Crippen LogP contribution >= 0.6 is 11.8 Å². The highest BCUT2D eigenvalue weighted by Crippen LogP contribution is 2.31. The number of hydrogen-bond acceptors (Lipinski definition) is 5. The van der Waals surface area contributed by atoms with Crippen LogP contribution in [0.25, 0.3) is 0 Å². The monoisotopic (exact) mass is 463 g/mol. The van der Waals surface area contributed by atoms with Gasteiger partial charge >= 0.3 is 6.18 Å². The number of carbonyl (C=O) groups excluding carboxylic acids is 1. The lowest BCUT2D eigenvalue weighted by molar-refractivity contribution is -0.137. The fourth-order valence-corrected chi connectivity index (χ4v) is 3.87. The molecule has 0 fully saturated rings. The molecular formula is C22H24F3N5OS. The molecule has 10 heteroatoms. The van der Waals surface area contributed by atoms with Crippen molar-refractivity contribution in [1.29, 1.82) is 0 Å². The van der Waals surface area contributed by atoms with E-state index in [0.717, 1.165) is 23.4 Å². The van der Waals surface area contributed by atoms with Gasteiger partial charge in [-0.05, 0) is 51.1 Å². The minimum atomic E-state index is -4.40. The van der Waals surface area contributed by atoms with E-state index < -0.39 is 17.0 Å². The van der Waals surface area contributed by atoms with Crippen molar-refractivity contribution < 1.29 is 18.0 Å². The van der Waals surface area contributed by atoms with Crippen molar-refractivity contribution in [3.63, 3.8) is 0 Å². The van der Waals surface area contributed by atoms with E-state index in [1.807, 2.05) is 42.7 Å². The van der Waals surface area contributed by atoms with E-state index in [2.05, 4.69) is 20.8 Å². The number of thioether (sulfide) groups is 1. The molecular weight excluding hydrogens is 439 g/mol. The van der Waals surface area contributed by atoms with E-state index in [-0.39, 0.29) is 12.5 Å². The number of nitrogens with zero attached hydrogens (tertiary/aromatic N) is 3. The van der Waals surface area contributed by atoms with Crippen LogP contribution in [0.2, 0.25) is 0 Å². The third kappa shape index (κ3) is 6.03. The molecule has 1 unspecified atom stereocenters. The summed E-state index contributed by atoms with van der Waals surface area (Å²) in [5.41, 5.74) is 1.44. The molecule has 0 aliphatic carbocycles. The fraction of sp³-hybridized carbons (Fsp3) is 0.318. The van der Waals surface area contributed by atoms with Gasteiger partial charge in [0.1, 0.15) is 0 Å². The lowest BCUT2D eigenvalue weighted by Gasteiger charge is -2.13. The van der Waals surface area contributed by atoms with Crippen molar-refractivity contribution in [2.24, 2.45) is 0 Å². The van der Waals surface area contributed by atoms with Crippen LogP contribution in [0, 0.1) is 6.92 Å². The Morgan fingerprint density at radius 3 is 2.50 bits per heavy atom. The Morgan fingerprint density at radius 1 is 1.12 bits per heavy atom. The molecule has 0 saturated carbocycles. The van der Waals surface area contributed by atoms with Crippen LogP contribution in [0.1, 0.15) is 30.8 Å². The summed E-state index contributed by atoms with van der Waals surface area (Å²) in [6.45, 7) is 6.43. The highest BCUT2D eigenvalue weighted by atomic mass is 32.2. The number of aromatic nitrogens is 3. The number of benzene rings is 2. The maximum Gasteiger partial charge on any atom is 0.416 e. The average Bonchev–Trinajstić information content (AvgIpc) is 3.14. The average molecular weight is 464 g/mol. The van der Waals surface area contributed by atoms with Crippen LogP contribution in [0.3, 0.4) is 0 Å². The van der Waals surface area contributed by atoms with Gasteiger partial charge < -0.3 is 15.2 Å². The van der Waals surface area contributed by atoms with Gasteiger partial charge in [-0.25, -0.2) is 0 Å². The first-order valence-electron chi connectivity index (χ1n) is 10.0. The molecule has 1 aromatic heterocycles. The Balaban J connectivity index is 1.64. The second-order valence-electron chi connectivity index (χ2n) is 7.19. The number of alkyl halides is 3. The van der Waals surface area contributed by atoms with Crippen molar-refractivity contribution in [2.75, 3.05) is 10.6 Å². The first-order valence-corrected chi connectivity index (χ1v) is 10.9. The van der Waals surface area contributed by atoms with E-state index in [9.17, 15) is 18.0 Å². The zero-order valence-corrected chi connectivity index (χ0v) is 18.7. The molecule has 2 aromatic carbocycles. The number of hydrogen-bond donors (Lipinski definition) is 2. The lowest BCUT2D eigenvalue weighted by Crippen LogP contribution is -2.23. The molecule has 170 valence electrons. The van der Waals surface area contributed by atoms with Crippen LogP contribution in [0.5, 0.6) is 0 Å². The number of nitrogens with one attached hydrogen (secondary N) is 2. The first-order chi connectivity index (χ1) is 15.2. The van der Waals surface area contributed by atoms with Crippen LogP contribution in [0.4, 0.5) is 24.5 Å². The Hall–Kier alpha value is -3.01. The molecule has 1 amide bonds. The van der Waals surface area contributed by atoms with Crippen LogP contribution in [0.15, 0.2) is 53.7 Å². The third-order valence-electron chi connectivity index (χ3n) is 4.72. The summed E-state index contributed by atoms with van der Waals surface area (Å²) >= 11 is 1.27. The summed E-state index contributed by atoms with van der Waals surface area (Å²) < 4.78 is 40.6. The van der Waals surface area contributed by atoms with Gasteiger partial charge in [0.15, 0.2) is 11.0 Å². The molecule has 2 N–H and O–H groups in total. The van der Waals surface area contributed by atoms with Crippen molar-refractivity contribution in [1.82, 2.24) is 14.8 Å². The van der Waals surface area contributed by atoms with Gasteiger partial charge in [-0.3, -0.25) is 4.79 Å². The molecule has 1 heterocycles. The standard InChI is InChI=1S/C22H24F3N5OS/c1-4-30-19(13-26-18-7-5-6-16(12-18)22(23,24)25)28-29-21(30)32-15(3)20(31)27-17-10-8-14(2)9-11-17/h5-12,15,26H,4,13H2,1-3H3,(H,27,31). The second-order valence-corrected chi connectivity index (χ2v) is 8.50.